The highest BCUT2D eigenvalue weighted by Gasteiger charge is 2.30. The number of benzene rings is 1. The monoisotopic (exact) mass is 368 g/mol. The van der Waals surface area contributed by atoms with E-state index in [9.17, 15) is 18.0 Å². The molecule has 0 aromatic heterocycles. The van der Waals surface area contributed by atoms with Gasteiger partial charge in [-0.2, -0.15) is 0 Å². The zero-order valence-corrected chi connectivity index (χ0v) is 15.3. The Kier molecular flexibility index (Phi) is 6.05. The van der Waals surface area contributed by atoms with Gasteiger partial charge in [-0.15, -0.1) is 0 Å². The van der Waals surface area contributed by atoms with Crippen LogP contribution < -0.4 is 5.32 Å². The van der Waals surface area contributed by atoms with Crippen LogP contribution in [-0.4, -0.2) is 49.3 Å². The second-order valence-electron chi connectivity index (χ2n) is 6.53. The Hall–Kier alpha value is -2.09. The highest BCUT2D eigenvalue weighted by Crippen LogP contribution is 2.30. The second kappa shape index (κ2) is 7.86. The van der Waals surface area contributed by atoms with Gasteiger partial charge in [0.1, 0.15) is 0 Å². The largest absolute Gasteiger partial charge is 0.481 e. The minimum atomic E-state index is -3.31. The van der Waals surface area contributed by atoms with Crippen molar-refractivity contribution in [3.8, 4) is 0 Å². The Morgan fingerprint density at radius 1 is 1.24 bits per heavy atom. The van der Waals surface area contributed by atoms with Crippen LogP contribution in [0.3, 0.4) is 0 Å². The summed E-state index contributed by atoms with van der Waals surface area (Å²) in [7, 11) is -1.81. The van der Waals surface area contributed by atoms with Crippen LogP contribution >= 0.6 is 0 Å². The number of anilines is 1. The molecule has 1 atom stereocenters. The van der Waals surface area contributed by atoms with Gasteiger partial charge in [0.15, 0.2) is 9.84 Å². The summed E-state index contributed by atoms with van der Waals surface area (Å²) in [4.78, 5) is 24.5. The molecular weight excluding hydrogens is 344 g/mol. The average molecular weight is 368 g/mol. The molecule has 1 fully saturated rings. The molecule has 0 spiro atoms. The van der Waals surface area contributed by atoms with Gasteiger partial charge < -0.3 is 15.3 Å². The highest BCUT2D eigenvalue weighted by molar-refractivity contribution is 7.92. The molecule has 0 heterocycles. The number of carbonyl (C=O) groups excluding carboxylic acids is 1. The molecule has 1 aromatic carbocycles. The standard InChI is InChI=1S/C17H24N2O5S/c1-12(16(20)21)11-19(2)17(22)18-13-7-9-15(10-8-13)25(23,24)14-5-3-4-6-14/h7-10,12,14H,3-6,11H2,1-2H3,(H,18,22)(H,20,21). The fourth-order valence-corrected chi connectivity index (χ4v) is 4.76. The Bertz CT molecular complexity index is 724. The van der Waals surface area contributed by atoms with Crippen molar-refractivity contribution in [3.63, 3.8) is 0 Å². The first-order valence-corrected chi connectivity index (χ1v) is 9.85. The molecule has 1 unspecified atom stereocenters. The minimum Gasteiger partial charge on any atom is -0.481 e. The number of carboxylic acids is 1. The molecule has 2 amide bonds. The smallest absolute Gasteiger partial charge is 0.321 e. The normalized spacial score (nSPS) is 16.4. The predicted octanol–water partition coefficient (Wildman–Crippen LogP) is 2.59. The van der Waals surface area contributed by atoms with Gasteiger partial charge in [0.2, 0.25) is 0 Å². The van der Waals surface area contributed by atoms with E-state index in [1.165, 1.54) is 31.0 Å². The third-order valence-corrected chi connectivity index (χ3v) is 6.77. The maximum Gasteiger partial charge on any atom is 0.321 e. The summed E-state index contributed by atoms with van der Waals surface area (Å²) in [5.74, 6) is -1.64. The molecule has 0 aliphatic heterocycles. The van der Waals surface area contributed by atoms with Crippen molar-refractivity contribution < 1.29 is 23.1 Å². The number of aliphatic carboxylic acids is 1. The van der Waals surface area contributed by atoms with E-state index in [0.29, 0.717) is 18.5 Å². The summed E-state index contributed by atoms with van der Waals surface area (Å²) in [5, 5.41) is 11.2. The molecule has 8 heteroatoms. The quantitative estimate of drug-likeness (QED) is 0.803. The van der Waals surface area contributed by atoms with Crippen LogP contribution in [0.2, 0.25) is 0 Å². The maximum atomic E-state index is 12.5. The van der Waals surface area contributed by atoms with E-state index in [1.54, 1.807) is 12.1 Å². The zero-order chi connectivity index (χ0) is 18.6. The van der Waals surface area contributed by atoms with Crippen molar-refractivity contribution >= 4 is 27.5 Å². The van der Waals surface area contributed by atoms with E-state index in [-0.39, 0.29) is 16.7 Å². The number of hydrogen-bond acceptors (Lipinski definition) is 4. The van der Waals surface area contributed by atoms with E-state index in [2.05, 4.69) is 5.32 Å². The molecule has 1 saturated carbocycles. The van der Waals surface area contributed by atoms with E-state index in [4.69, 9.17) is 5.11 Å². The van der Waals surface area contributed by atoms with E-state index in [1.807, 2.05) is 0 Å². The van der Waals surface area contributed by atoms with Gasteiger partial charge in [0.25, 0.3) is 0 Å². The van der Waals surface area contributed by atoms with Gasteiger partial charge in [0, 0.05) is 19.3 Å². The Morgan fingerprint density at radius 2 is 1.80 bits per heavy atom. The number of hydrogen-bond donors (Lipinski definition) is 2. The number of sulfone groups is 1. The number of urea groups is 1. The van der Waals surface area contributed by atoms with Crippen molar-refractivity contribution in [2.45, 2.75) is 42.8 Å². The third-order valence-electron chi connectivity index (χ3n) is 4.49. The van der Waals surface area contributed by atoms with Crippen LogP contribution in [0.4, 0.5) is 10.5 Å². The van der Waals surface area contributed by atoms with Gasteiger partial charge in [0.05, 0.1) is 16.1 Å². The molecule has 1 aliphatic rings. The van der Waals surface area contributed by atoms with Gasteiger partial charge in [-0.1, -0.05) is 19.8 Å². The maximum absolute atomic E-state index is 12.5. The van der Waals surface area contributed by atoms with Crippen LogP contribution in [0.25, 0.3) is 0 Å². The van der Waals surface area contributed by atoms with Crippen LogP contribution in [0.5, 0.6) is 0 Å². The first-order valence-electron chi connectivity index (χ1n) is 8.30. The van der Waals surface area contributed by atoms with Crippen LogP contribution in [0.15, 0.2) is 29.2 Å². The minimum absolute atomic E-state index is 0.0787. The summed E-state index contributed by atoms with van der Waals surface area (Å²) in [5.41, 5.74) is 0.463. The molecule has 2 rings (SSSR count). The number of nitrogens with one attached hydrogen (secondary N) is 1. The predicted molar refractivity (Wildman–Crippen MR) is 94.3 cm³/mol. The number of nitrogens with zero attached hydrogens (tertiary/aromatic N) is 1. The molecule has 0 bridgehead atoms. The summed E-state index contributed by atoms with van der Waals surface area (Å²) < 4.78 is 25.0. The lowest BCUT2D eigenvalue weighted by Gasteiger charge is -2.20. The Labute approximate surface area is 147 Å². The number of rotatable bonds is 6. The third kappa shape index (κ3) is 4.72. The van der Waals surface area contributed by atoms with Crippen molar-refractivity contribution in [3.05, 3.63) is 24.3 Å². The molecule has 25 heavy (non-hydrogen) atoms. The zero-order valence-electron chi connectivity index (χ0n) is 14.4. The number of carboxylic acid groups (broad SMARTS) is 1. The summed E-state index contributed by atoms with van der Waals surface area (Å²) in [6, 6.07) is 5.66. The molecule has 0 saturated heterocycles. The molecule has 1 aliphatic carbocycles. The molecule has 138 valence electrons. The molecular formula is C17H24N2O5S. The first kappa shape index (κ1) is 19.2. The second-order valence-corrected chi connectivity index (χ2v) is 8.75. The Balaban J connectivity index is 2.00. The fourth-order valence-electron chi connectivity index (χ4n) is 2.91. The van der Waals surface area contributed by atoms with Gasteiger partial charge >= 0.3 is 12.0 Å². The summed E-state index contributed by atoms with van der Waals surface area (Å²) in [6.07, 6.45) is 3.29. The summed E-state index contributed by atoms with van der Waals surface area (Å²) >= 11 is 0. The molecule has 2 N–H and O–H groups in total. The van der Waals surface area contributed by atoms with Crippen molar-refractivity contribution in [1.29, 1.82) is 0 Å². The topological polar surface area (TPSA) is 104 Å². The van der Waals surface area contributed by atoms with Crippen LogP contribution in [-0.2, 0) is 14.6 Å². The average Bonchev–Trinajstić information content (AvgIpc) is 3.10. The number of amides is 2. The molecule has 7 nitrogen and oxygen atoms in total. The highest BCUT2D eigenvalue weighted by atomic mass is 32.2. The van der Waals surface area contributed by atoms with Gasteiger partial charge in [-0.05, 0) is 37.1 Å². The van der Waals surface area contributed by atoms with Crippen molar-refractivity contribution in [1.82, 2.24) is 4.90 Å². The van der Waals surface area contributed by atoms with Gasteiger partial charge in [-0.25, -0.2) is 13.2 Å². The fraction of sp³-hybridized carbons (Fsp3) is 0.529. The first-order chi connectivity index (χ1) is 11.7. The van der Waals surface area contributed by atoms with Crippen LogP contribution in [0.1, 0.15) is 32.6 Å². The van der Waals surface area contributed by atoms with E-state index >= 15 is 0 Å². The van der Waals surface area contributed by atoms with E-state index < -0.39 is 27.8 Å². The lowest BCUT2D eigenvalue weighted by atomic mass is 10.2. The lowest BCUT2D eigenvalue weighted by Crippen LogP contribution is -2.36. The molecule has 1 aromatic rings. The van der Waals surface area contributed by atoms with Gasteiger partial charge in [-0.3, -0.25) is 4.79 Å². The summed E-state index contributed by atoms with van der Waals surface area (Å²) in [6.45, 7) is 1.60. The molecule has 0 radical (unpaired) electrons. The number of carbonyl (C=O) groups is 2. The van der Waals surface area contributed by atoms with Crippen LogP contribution in [0, 0.1) is 5.92 Å². The lowest BCUT2D eigenvalue weighted by molar-refractivity contribution is -0.141. The van der Waals surface area contributed by atoms with Crippen molar-refractivity contribution in [2.75, 3.05) is 18.9 Å². The van der Waals surface area contributed by atoms with Crippen molar-refractivity contribution in [2.24, 2.45) is 5.92 Å². The SMILES string of the molecule is CC(CN(C)C(=O)Nc1ccc(S(=O)(=O)C2CCCC2)cc1)C(=O)O. The Morgan fingerprint density at radius 3 is 2.32 bits per heavy atom. The van der Waals surface area contributed by atoms with E-state index in [0.717, 1.165) is 12.8 Å².